The standard InChI is InChI=1S/C15H27N3O/c1-16-10-13-6-5-9-18(11-13)12-15(19)17(2)14-7-3-4-8-14/h7,13,16H,3-6,8-12H2,1-2H3. The predicted molar refractivity (Wildman–Crippen MR) is 77.8 cm³/mol. The highest BCUT2D eigenvalue weighted by atomic mass is 16.2. The van der Waals surface area contributed by atoms with Crippen molar-refractivity contribution in [3.8, 4) is 0 Å². The molecule has 4 nitrogen and oxygen atoms in total. The van der Waals surface area contributed by atoms with Crippen molar-refractivity contribution in [3.63, 3.8) is 0 Å². The van der Waals surface area contributed by atoms with E-state index in [1.807, 2.05) is 19.0 Å². The first-order valence-electron chi connectivity index (χ1n) is 7.53. The Bertz CT molecular complexity index is 338. The van der Waals surface area contributed by atoms with Crippen LogP contribution in [0.15, 0.2) is 11.8 Å². The van der Waals surface area contributed by atoms with E-state index < -0.39 is 0 Å². The van der Waals surface area contributed by atoms with Gasteiger partial charge in [-0.1, -0.05) is 6.08 Å². The maximum Gasteiger partial charge on any atom is 0.240 e. The Hall–Kier alpha value is -0.870. The van der Waals surface area contributed by atoms with E-state index in [4.69, 9.17) is 0 Å². The van der Waals surface area contributed by atoms with Crippen molar-refractivity contribution < 1.29 is 4.79 Å². The van der Waals surface area contributed by atoms with Crippen LogP contribution in [0.2, 0.25) is 0 Å². The molecular weight excluding hydrogens is 238 g/mol. The van der Waals surface area contributed by atoms with Gasteiger partial charge in [-0.2, -0.15) is 0 Å². The van der Waals surface area contributed by atoms with Crippen LogP contribution in [0.5, 0.6) is 0 Å². The Labute approximate surface area is 116 Å². The van der Waals surface area contributed by atoms with E-state index in [2.05, 4.69) is 16.3 Å². The van der Waals surface area contributed by atoms with Crippen molar-refractivity contribution in [2.24, 2.45) is 5.92 Å². The molecule has 1 atom stereocenters. The van der Waals surface area contributed by atoms with Gasteiger partial charge in [0.25, 0.3) is 0 Å². The number of allylic oxidation sites excluding steroid dienone is 2. The lowest BCUT2D eigenvalue weighted by Crippen LogP contribution is -2.44. The third kappa shape index (κ3) is 4.05. The maximum atomic E-state index is 12.3. The van der Waals surface area contributed by atoms with Gasteiger partial charge in [0.2, 0.25) is 5.91 Å². The molecule has 0 aromatic carbocycles. The summed E-state index contributed by atoms with van der Waals surface area (Å²) in [5, 5.41) is 3.25. The molecule has 1 heterocycles. The highest BCUT2D eigenvalue weighted by Crippen LogP contribution is 2.21. The van der Waals surface area contributed by atoms with Gasteiger partial charge < -0.3 is 10.2 Å². The molecular formula is C15H27N3O. The lowest BCUT2D eigenvalue weighted by molar-refractivity contribution is -0.129. The lowest BCUT2D eigenvalue weighted by atomic mass is 9.98. The van der Waals surface area contributed by atoms with E-state index in [1.165, 1.54) is 25.0 Å². The largest absolute Gasteiger partial charge is 0.319 e. The molecule has 4 heteroatoms. The van der Waals surface area contributed by atoms with Crippen molar-refractivity contribution in [2.45, 2.75) is 32.1 Å². The molecule has 1 fully saturated rings. The third-order valence-corrected chi connectivity index (χ3v) is 4.28. The highest BCUT2D eigenvalue weighted by molar-refractivity contribution is 5.79. The predicted octanol–water partition coefficient (Wildman–Crippen LogP) is 1.44. The summed E-state index contributed by atoms with van der Waals surface area (Å²) < 4.78 is 0. The van der Waals surface area contributed by atoms with E-state index in [-0.39, 0.29) is 5.91 Å². The molecule has 1 aliphatic carbocycles. The minimum absolute atomic E-state index is 0.248. The van der Waals surface area contributed by atoms with E-state index in [0.717, 1.165) is 32.5 Å². The second kappa shape index (κ2) is 7.06. The van der Waals surface area contributed by atoms with Crippen molar-refractivity contribution in [1.82, 2.24) is 15.1 Å². The summed E-state index contributed by atoms with van der Waals surface area (Å²) >= 11 is 0. The average molecular weight is 265 g/mol. The Kier molecular flexibility index (Phi) is 5.40. The van der Waals surface area contributed by atoms with Gasteiger partial charge in [-0.15, -0.1) is 0 Å². The zero-order valence-electron chi connectivity index (χ0n) is 12.3. The first-order valence-corrected chi connectivity index (χ1v) is 7.53. The number of carbonyl (C=O) groups is 1. The SMILES string of the molecule is CNCC1CCCN(CC(=O)N(C)C2=CCCC2)C1. The van der Waals surface area contributed by atoms with Gasteiger partial charge in [-0.25, -0.2) is 0 Å². The summed E-state index contributed by atoms with van der Waals surface area (Å²) in [6.07, 6.45) is 8.09. The van der Waals surface area contributed by atoms with Crippen LogP contribution in [0.25, 0.3) is 0 Å². The number of rotatable bonds is 5. The molecule has 108 valence electrons. The van der Waals surface area contributed by atoms with E-state index >= 15 is 0 Å². The van der Waals surface area contributed by atoms with Crippen LogP contribution in [0.3, 0.4) is 0 Å². The van der Waals surface area contributed by atoms with Crippen LogP contribution in [0.1, 0.15) is 32.1 Å². The van der Waals surface area contributed by atoms with Crippen molar-refractivity contribution in [3.05, 3.63) is 11.8 Å². The highest BCUT2D eigenvalue weighted by Gasteiger charge is 2.23. The number of piperidine rings is 1. The zero-order chi connectivity index (χ0) is 13.7. The lowest BCUT2D eigenvalue weighted by Gasteiger charge is -2.33. The molecule has 0 radical (unpaired) electrons. The third-order valence-electron chi connectivity index (χ3n) is 4.28. The molecule has 1 amide bonds. The first kappa shape index (κ1) is 14.5. The summed E-state index contributed by atoms with van der Waals surface area (Å²) in [6, 6.07) is 0. The molecule has 0 bridgehead atoms. The Morgan fingerprint density at radius 3 is 3.05 bits per heavy atom. The Balaban J connectivity index is 1.81. The fourth-order valence-corrected chi connectivity index (χ4v) is 3.17. The smallest absolute Gasteiger partial charge is 0.240 e. The molecule has 0 aromatic rings. The molecule has 0 aromatic heterocycles. The van der Waals surface area contributed by atoms with Crippen LogP contribution < -0.4 is 5.32 Å². The summed E-state index contributed by atoms with van der Waals surface area (Å²) in [6.45, 7) is 3.76. The van der Waals surface area contributed by atoms with Gasteiger partial charge in [0.05, 0.1) is 6.54 Å². The number of likely N-dealkylation sites (tertiary alicyclic amines) is 1. The normalized spacial score (nSPS) is 24.3. The number of likely N-dealkylation sites (N-methyl/N-ethyl adjacent to an activating group) is 1. The quantitative estimate of drug-likeness (QED) is 0.817. The van der Waals surface area contributed by atoms with Crippen molar-refractivity contribution in [2.75, 3.05) is 40.3 Å². The molecule has 1 unspecified atom stereocenters. The van der Waals surface area contributed by atoms with E-state index in [0.29, 0.717) is 12.5 Å². The van der Waals surface area contributed by atoms with E-state index in [1.54, 1.807) is 0 Å². The van der Waals surface area contributed by atoms with Crippen LogP contribution >= 0.6 is 0 Å². The topological polar surface area (TPSA) is 35.6 Å². The summed E-state index contributed by atoms with van der Waals surface area (Å²) in [5.74, 6) is 0.945. The van der Waals surface area contributed by atoms with Crippen molar-refractivity contribution in [1.29, 1.82) is 0 Å². The molecule has 2 rings (SSSR count). The van der Waals surface area contributed by atoms with Crippen LogP contribution in [0, 0.1) is 5.92 Å². The van der Waals surface area contributed by atoms with E-state index in [9.17, 15) is 4.79 Å². The van der Waals surface area contributed by atoms with Gasteiger partial charge in [0.1, 0.15) is 0 Å². The second-order valence-electron chi connectivity index (χ2n) is 5.84. The first-order chi connectivity index (χ1) is 9.20. The molecule has 1 saturated heterocycles. The summed E-state index contributed by atoms with van der Waals surface area (Å²) in [7, 11) is 3.93. The van der Waals surface area contributed by atoms with Gasteiger partial charge in [-0.05, 0) is 58.2 Å². The number of amides is 1. The maximum absolute atomic E-state index is 12.3. The number of hydrogen-bond donors (Lipinski definition) is 1. The number of carbonyl (C=O) groups excluding carboxylic acids is 1. The van der Waals surface area contributed by atoms with Crippen LogP contribution in [-0.4, -0.2) is 56.0 Å². The monoisotopic (exact) mass is 265 g/mol. The van der Waals surface area contributed by atoms with Crippen LogP contribution in [-0.2, 0) is 4.79 Å². The number of nitrogens with one attached hydrogen (secondary N) is 1. The fraction of sp³-hybridized carbons (Fsp3) is 0.800. The Morgan fingerprint density at radius 2 is 2.37 bits per heavy atom. The van der Waals surface area contributed by atoms with Gasteiger partial charge in [0, 0.05) is 19.3 Å². The molecule has 0 spiro atoms. The zero-order valence-corrected chi connectivity index (χ0v) is 12.3. The van der Waals surface area contributed by atoms with Crippen molar-refractivity contribution >= 4 is 5.91 Å². The minimum atomic E-state index is 0.248. The Morgan fingerprint density at radius 1 is 1.53 bits per heavy atom. The second-order valence-corrected chi connectivity index (χ2v) is 5.84. The molecule has 1 N–H and O–H groups in total. The average Bonchev–Trinajstić information content (AvgIpc) is 2.92. The van der Waals surface area contributed by atoms with Gasteiger partial charge in [0.15, 0.2) is 0 Å². The van der Waals surface area contributed by atoms with Gasteiger partial charge >= 0.3 is 0 Å². The number of hydrogen-bond acceptors (Lipinski definition) is 3. The molecule has 1 aliphatic heterocycles. The molecule has 19 heavy (non-hydrogen) atoms. The van der Waals surface area contributed by atoms with Crippen LogP contribution in [0.4, 0.5) is 0 Å². The number of nitrogens with zero attached hydrogens (tertiary/aromatic N) is 2. The minimum Gasteiger partial charge on any atom is -0.319 e. The molecule has 2 aliphatic rings. The summed E-state index contributed by atoms with van der Waals surface area (Å²) in [4.78, 5) is 16.5. The molecule has 0 saturated carbocycles. The summed E-state index contributed by atoms with van der Waals surface area (Å²) in [5.41, 5.74) is 1.22. The van der Waals surface area contributed by atoms with Gasteiger partial charge in [-0.3, -0.25) is 9.69 Å². The fourth-order valence-electron chi connectivity index (χ4n) is 3.17.